The van der Waals surface area contributed by atoms with Crippen LogP contribution in [0.4, 0.5) is 5.82 Å². The molecule has 1 atom stereocenters. The zero-order valence-corrected chi connectivity index (χ0v) is 12.9. The second kappa shape index (κ2) is 5.71. The van der Waals surface area contributed by atoms with Crippen LogP contribution in [0.3, 0.4) is 0 Å². The number of hydrogen-bond donors (Lipinski definition) is 0. The predicted octanol–water partition coefficient (Wildman–Crippen LogP) is 0.0635. The molecule has 0 unspecified atom stereocenters. The number of rotatable bonds is 2. The van der Waals surface area contributed by atoms with Crippen molar-refractivity contribution in [2.24, 2.45) is 0 Å². The first kappa shape index (κ1) is 13.7. The molecule has 1 amide bonds. The lowest BCUT2D eigenvalue weighted by atomic mass is 10.2. The monoisotopic (exact) mass is 319 g/mol. The average Bonchev–Trinajstić information content (AvgIpc) is 3.23. The van der Waals surface area contributed by atoms with E-state index in [0.29, 0.717) is 5.65 Å². The summed E-state index contributed by atoms with van der Waals surface area (Å²) in [7, 11) is 0. The maximum atomic E-state index is 12.8. The molecule has 2 aromatic rings. The number of carbonyl (C=O) groups is 1. The van der Waals surface area contributed by atoms with E-state index in [9.17, 15) is 4.79 Å². The summed E-state index contributed by atoms with van der Waals surface area (Å²) in [6, 6.07) is 3.62. The van der Waals surface area contributed by atoms with Crippen LogP contribution in [0, 0.1) is 0 Å². The third kappa shape index (κ3) is 2.39. The van der Waals surface area contributed by atoms with Crippen LogP contribution in [0.1, 0.15) is 12.8 Å². The van der Waals surface area contributed by atoms with Gasteiger partial charge in [0.2, 0.25) is 5.91 Å². The van der Waals surface area contributed by atoms with Crippen molar-refractivity contribution < 1.29 is 4.79 Å². The Labute approximate surface area is 131 Å². The smallest absolute Gasteiger partial charge is 0.245 e. The van der Waals surface area contributed by atoms with E-state index in [-0.39, 0.29) is 11.9 Å². The highest BCUT2D eigenvalue weighted by Crippen LogP contribution is 2.26. The Morgan fingerprint density at radius 2 is 2.09 bits per heavy atom. The first-order chi connectivity index (χ1) is 10.8. The van der Waals surface area contributed by atoms with E-state index in [1.54, 1.807) is 0 Å². The van der Waals surface area contributed by atoms with Gasteiger partial charge in [-0.1, -0.05) is 0 Å². The molecule has 9 heteroatoms. The molecule has 0 aliphatic carbocycles. The van der Waals surface area contributed by atoms with Gasteiger partial charge in [-0.25, -0.2) is 0 Å². The van der Waals surface area contributed by atoms with Gasteiger partial charge in [0, 0.05) is 31.1 Å². The first-order valence-electron chi connectivity index (χ1n) is 7.51. The molecular formula is C13H17N7OS. The molecular weight excluding hydrogens is 302 g/mol. The zero-order chi connectivity index (χ0) is 14.9. The lowest BCUT2D eigenvalue weighted by Crippen LogP contribution is -2.48. The van der Waals surface area contributed by atoms with Gasteiger partial charge in [0.1, 0.15) is 6.04 Å². The Hall–Kier alpha value is -1.90. The normalized spacial score (nSPS) is 22.5. The van der Waals surface area contributed by atoms with Crippen LogP contribution in [0.25, 0.3) is 5.65 Å². The highest BCUT2D eigenvalue weighted by atomic mass is 32.2. The van der Waals surface area contributed by atoms with Crippen molar-refractivity contribution in [2.45, 2.75) is 18.9 Å². The van der Waals surface area contributed by atoms with Gasteiger partial charge in [-0.15, -0.1) is 14.8 Å². The molecule has 2 aliphatic heterocycles. The van der Waals surface area contributed by atoms with E-state index < -0.39 is 0 Å². The van der Waals surface area contributed by atoms with Crippen LogP contribution in [0.5, 0.6) is 0 Å². The largest absolute Gasteiger partial charge is 0.343 e. The molecule has 2 aliphatic rings. The lowest BCUT2D eigenvalue weighted by molar-refractivity contribution is -0.132. The first-order valence-corrected chi connectivity index (χ1v) is 8.67. The van der Waals surface area contributed by atoms with Crippen molar-refractivity contribution in [3.63, 3.8) is 0 Å². The molecule has 22 heavy (non-hydrogen) atoms. The standard InChI is InChI=1S/C13H17N7OS/c21-13(18-6-8-22-9-7-18)10-2-1-5-19(10)12-4-3-11-14-16-17-20(11)15-12/h3-4,10H,1-2,5-9H2/t10-/m0/s1. The Balaban J connectivity index is 1.58. The van der Waals surface area contributed by atoms with Crippen LogP contribution < -0.4 is 4.90 Å². The fourth-order valence-electron chi connectivity index (χ4n) is 3.09. The van der Waals surface area contributed by atoms with E-state index in [4.69, 9.17) is 0 Å². The molecule has 4 heterocycles. The minimum atomic E-state index is -0.107. The van der Waals surface area contributed by atoms with Crippen LogP contribution >= 0.6 is 11.8 Å². The maximum Gasteiger partial charge on any atom is 0.245 e. The quantitative estimate of drug-likeness (QED) is 0.774. The third-order valence-electron chi connectivity index (χ3n) is 4.21. The second-order valence-corrected chi connectivity index (χ2v) is 6.73. The van der Waals surface area contributed by atoms with Crippen molar-refractivity contribution >= 4 is 29.1 Å². The average molecular weight is 319 g/mol. The summed E-state index contributed by atoms with van der Waals surface area (Å²) >= 11 is 1.91. The fraction of sp³-hybridized carbons (Fsp3) is 0.615. The number of tetrazole rings is 1. The number of fused-ring (bicyclic) bond motifs is 1. The Kier molecular flexibility index (Phi) is 3.57. The minimum absolute atomic E-state index is 0.107. The van der Waals surface area contributed by atoms with Gasteiger partial charge in [-0.2, -0.15) is 11.8 Å². The number of carbonyl (C=O) groups excluding carboxylic acids is 1. The molecule has 2 fully saturated rings. The molecule has 0 aromatic carbocycles. The number of thioether (sulfide) groups is 1. The van der Waals surface area contributed by atoms with Crippen molar-refractivity contribution in [3.05, 3.63) is 12.1 Å². The number of amides is 1. The SMILES string of the molecule is O=C([C@@H]1CCCN1c1ccc2nnnn2n1)N1CCSCC1. The Bertz CT molecular complexity index is 684. The third-order valence-corrected chi connectivity index (χ3v) is 5.15. The van der Waals surface area contributed by atoms with Crippen LogP contribution in [0.2, 0.25) is 0 Å². The highest BCUT2D eigenvalue weighted by molar-refractivity contribution is 7.99. The molecule has 0 spiro atoms. The molecule has 4 rings (SSSR count). The number of hydrogen-bond acceptors (Lipinski definition) is 7. The number of nitrogens with zero attached hydrogens (tertiary/aromatic N) is 7. The summed E-state index contributed by atoms with van der Waals surface area (Å²) in [5.74, 6) is 3.07. The van der Waals surface area contributed by atoms with E-state index in [1.165, 1.54) is 4.63 Å². The molecule has 0 N–H and O–H groups in total. The molecule has 2 saturated heterocycles. The van der Waals surface area contributed by atoms with Gasteiger partial charge in [0.25, 0.3) is 0 Å². The van der Waals surface area contributed by atoms with E-state index in [1.807, 2.05) is 28.8 Å². The van der Waals surface area contributed by atoms with Crippen LogP contribution in [-0.4, -0.2) is 73.2 Å². The fourth-order valence-corrected chi connectivity index (χ4v) is 3.99. The van der Waals surface area contributed by atoms with Gasteiger partial charge < -0.3 is 9.80 Å². The summed E-state index contributed by atoms with van der Waals surface area (Å²) in [5.41, 5.74) is 0.610. The molecule has 0 bridgehead atoms. The van der Waals surface area contributed by atoms with E-state index in [2.05, 4.69) is 25.5 Å². The van der Waals surface area contributed by atoms with Crippen molar-refractivity contribution in [1.82, 2.24) is 30.2 Å². The number of anilines is 1. The Morgan fingerprint density at radius 1 is 1.23 bits per heavy atom. The lowest BCUT2D eigenvalue weighted by Gasteiger charge is -2.32. The summed E-state index contributed by atoms with van der Waals surface area (Å²) in [6.07, 6.45) is 1.89. The van der Waals surface area contributed by atoms with Crippen molar-refractivity contribution in [3.8, 4) is 0 Å². The van der Waals surface area contributed by atoms with Crippen LogP contribution in [-0.2, 0) is 4.79 Å². The molecule has 2 aromatic heterocycles. The molecule has 0 radical (unpaired) electrons. The van der Waals surface area contributed by atoms with Gasteiger partial charge in [0.15, 0.2) is 11.5 Å². The predicted molar refractivity (Wildman–Crippen MR) is 82.9 cm³/mol. The second-order valence-electron chi connectivity index (χ2n) is 5.51. The number of aromatic nitrogens is 5. The summed E-state index contributed by atoms with van der Waals surface area (Å²) in [5, 5.41) is 15.7. The van der Waals surface area contributed by atoms with Gasteiger partial charge in [-0.05, 0) is 35.4 Å². The molecule has 8 nitrogen and oxygen atoms in total. The van der Waals surface area contributed by atoms with Crippen LogP contribution in [0.15, 0.2) is 12.1 Å². The molecule has 116 valence electrons. The van der Waals surface area contributed by atoms with Gasteiger partial charge in [0.05, 0.1) is 0 Å². The van der Waals surface area contributed by atoms with Crippen molar-refractivity contribution in [1.29, 1.82) is 0 Å². The summed E-state index contributed by atoms with van der Waals surface area (Å²) in [6.45, 7) is 2.56. The highest BCUT2D eigenvalue weighted by Gasteiger charge is 2.35. The van der Waals surface area contributed by atoms with Crippen molar-refractivity contribution in [2.75, 3.05) is 36.0 Å². The summed E-state index contributed by atoms with van der Waals surface area (Å²) in [4.78, 5) is 16.9. The zero-order valence-electron chi connectivity index (χ0n) is 12.1. The van der Waals surface area contributed by atoms with E-state index in [0.717, 1.165) is 49.8 Å². The minimum Gasteiger partial charge on any atom is -0.343 e. The molecule has 0 saturated carbocycles. The topological polar surface area (TPSA) is 79.5 Å². The maximum absolute atomic E-state index is 12.8. The Morgan fingerprint density at radius 3 is 2.95 bits per heavy atom. The van der Waals surface area contributed by atoms with Gasteiger partial charge in [-0.3, -0.25) is 4.79 Å². The van der Waals surface area contributed by atoms with E-state index >= 15 is 0 Å². The summed E-state index contributed by atoms with van der Waals surface area (Å²) < 4.78 is 1.41. The van der Waals surface area contributed by atoms with Gasteiger partial charge >= 0.3 is 0 Å².